The Morgan fingerprint density at radius 2 is 1.81 bits per heavy atom. The minimum atomic E-state index is -3.62. The van der Waals surface area contributed by atoms with Gasteiger partial charge in [-0.25, -0.2) is 12.7 Å². The molecular formula is C23H24N2O5S. The summed E-state index contributed by atoms with van der Waals surface area (Å²) in [5.74, 6) is 0.915. The minimum Gasteiger partial charge on any atom is -0.486 e. The van der Waals surface area contributed by atoms with Crippen molar-refractivity contribution < 1.29 is 22.4 Å². The van der Waals surface area contributed by atoms with Crippen LogP contribution in [0.1, 0.15) is 28.1 Å². The van der Waals surface area contributed by atoms with E-state index in [0.717, 1.165) is 22.8 Å². The fourth-order valence-electron chi connectivity index (χ4n) is 3.50. The number of sulfonamides is 1. The molecule has 1 aliphatic heterocycles. The van der Waals surface area contributed by atoms with Crippen LogP contribution in [0.15, 0.2) is 70.2 Å². The van der Waals surface area contributed by atoms with Gasteiger partial charge in [0.15, 0.2) is 0 Å². The van der Waals surface area contributed by atoms with E-state index in [1.54, 1.807) is 30.3 Å². The van der Waals surface area contributed by atoms with E-state index in [2.05, 4.69) is 6.07 Å². The Labute approximate surface area is 181 Å². The van der Waals surface area contributed by atoms with E-state index in [9.17, 15) is 13.2 Å². The normalized spacial score (nSPS) is 13.8. The number of fused-ring (bicyclic) bond motifs is 1. The molecule has 1 amide bonds. The molecular weight excluding hydrogens is 416 g/mol. The Kier molecular flexibility index (Phi) is 5.84. The maximum absolute atomic E-state index is 13.0. The molecule has 0 aliphatic carbocycles. The number of ether oxygens (including phenoxy) is 1. The molecule has 1 aromatic heterocycles. The van der Waals surface area contributed by atoms with Crippen molar-refractivity contribution in [1.82, 2.24) is 4.31 Å². The van der Waals surface area contributed by atoms with Gasteiger partial charge in [0.25, 0.3) is 15.9 Å². The van der Waals surface area contributed by atoms with Crippen LogP contribution in [0, 0.1) is 0 Å². The van der Waals surface area contributed by atoms with Crippen molar-refractivity contribution in [2.75, 3.05) is 25.5 Å². The molecule has 0 radical (unpaired) electrons. The summed E-state index contributed by atoms with van der Waals surface area (Å²) >= 11 is 0. The van der Waals surface area contributed by atoms with Crippen LogP contribution in [0.4, 0.5) is 5.69 Å². The van der Waals surface area contributed by atoms with Gasteiger partial charge in [-0.3, -0.25) is 4.79 Å². The van der Waals surface area contributed by atoms with E-state index in [4.69, 9.17) is 9.15 Å². The third kappa shape index (κ3) is 4.35. The second kappa shape index (κ2) is 8.56. The summed E-state index contributed by atoms with van der Waals surface area (Å²) in [6.07, 6.45) is 1.93. The lowest BCUT2D eigenvalue weighted by Crippen LogP contribution is -2.35. The van der Waals surface area contributed by atoms with Crippen LogP contribution < -0.4 is 9.64 Å². The highest BCUT2D eigenvalue weighted by Crippen LogP contribution is 2.28. The first kappa shape index (κ1) is 21.1. The minimum absolute atomic E-state index is 0.0386. The van der Waals surface area contributed by atoms with E-state index < -0.39 is 10.0 Å². The number of hydrogen-bond acceptors (Lipinski definition) is 5. The summed E-state index contributed by atoms with van der Waals surface area (Å²) < 4.78 is 36.3. The lowest BCUT2D eigenvalue weighted by molar-refractivity contribution is 0.0985. The molecule has 0 saturated carbocycles. The molecule has 4 rings (SSSR count). The topological polar surface area (TPSA) is 80.1 Å². The van der Waals surface area contributed by atoms with Crippen molar-refractivity contribution in [3.63, 3.8) is 0 Å². The number of amides is 1. The lowest BCUT2D eigenvalue weighted by atomic mass is 10.0. The molecule has 162 valence electrons. The number of carbonyl (C=O) groups excluding carboxylic acids is 1. The third-order valence-corrected chi connectivity index (χ3v) is 6.90. The predicted octanol–water partition coefficient (Wildman–Crippen LogP) is 3.70. The van der Waals surface area contributed by atoms with Crippen LogP contribution in [0.5, 0.6) is 5.75 Å². The zero-order chi connectivity index (χ0) is 22.0. The molecule has 0 fully saturated rings. The zero-order valence-electron chi connectivity index (χ0n) is 17.4. The Balaban J connectivity index is 1.42. The zero-order valence-corrected chi connectivity index (χ0v) is 18.3. The number of aryl methyl sites for hydroxylation is 1. The fraction of sp³-hybridized carbons (Fsp3) is 0.261. The van der Waals surface area contributed by atoms with Crippen molar-refractivity contribution in [2.24, 2.45) is 0 Å². The number of anilines is 1. The number of nitrogens with zero attached hydrogens (tertiary/aromatic N) is 2. The average Bonchev–Trinajstić information content (AvgIpc) is 3.27. The number of carbonyl (C=O) groups is 1. The van der Waals surface area contributed by atoms with E-state index >= 15 is 0 Å². The van der Waals surface area contributed by atoms with Gasteiger partial charge in [0.1, 0.15) is 18.1 Å². The van der Waals surface area contributed by atoms with E-state index in [0.29, 0.717) is 23.6 Å². The van der Waals surface area contributed by atoms with Gasteiger partial charge in [-0.2, -0.15) is 0 Å². The van der Waals surface area contributed by atoms with Gasteiger partial charge in [0, 0.05) is 31.9 Å². The second-order valence-corrected chi connectivity index (χ2v) is 9.59. The lowest BCUT2D eigenvalue weighted by Gasteiger charge is -2.29. The van der Waals surface area contributed by atoms with Crippen LogP contribution in [0.25, 0.3) is 0 Å². The van der Waals surface area contributed by atoms with Crippen molar-refractivity contribution in [2.45, 2.75) is 24.5 Å². The van der Waals surface area contributed by atoms with Crippen molar-refractivity contribution in [1.29, 1.82) is 0 Å². The highest BCUT2D eigenvalue weighted by molar-refractivity contribution is 7.88. The Hall–Kier alpha value is -3.10. The summed E-state index contributed by atoms with van der Waals surface area (Å²) in [5, 5.41) is -0.126. The van der Waals surface area contributed by atoms with Gasteiger partial charge in [0.05, 0.1) is 0 Å². The standard InChI is InChI=1S/C23H24N2O5S/c1-24(2)31(27,28)22-14-13-20(30-22)16-29-19-11-9-18(10-12-19)23(26)25-15-5-7-17-6-3-4-8-21(17)25/h3-4,6,8-14H,5,7,15-16H2,1-2H3. The van der Waals surface area contributed by atoms with Crippen molar-refractivity contribution in [3.8, 4) is 5.75 Å². The molecule has 0 N–H and O–H groups in total. The second-order valence-electron chi connectivity index (χ2n) is 7.51. The molecule has 0 unspecified atom stereocenters. The molecule has 3 aromatic rings. The number of benzene rings is 2. The fourth-order valence-corrected chi connectivity index (χ4v) is 4.32. The summed E-state index contributed by atoms with van der Waals surface area (Å²) in [6, 6.07) is 17.9. The van der Waals surface area contributed by atoms with Crippen molar-refractivity contribution in [3.05, 3.63) is 77.6 Å². The molecule has 0 atom stereocenters. The number of hydrogen-bond donors (Lipinski definition) is 0. The van der Waals surface area contributed by atoms with Crippen LogP contribution in [0.3, 0.4) is 0 Å². The van der Waals surface area contributed by atoms with E-state index in [1.807, 2.05) is 23.1 Å². The molecule has 2 aromatic carbocycles. The molecule has 31 heavy (non-hydrogen) atoms. The summed E-state index contributed by atoms with van der Waals surface area (Å²) in [6.45, 7) is 0.778. The van der Waals surface area contributed by atoms with E-state index in [-0.39, 0.29) is 17.6 Å². The first-order valence-electron chi connectivity index (χ1n) is 10.00. The van der Waals surface area contributed by atoms with Gasteiger partial charge in [-0.05, 0) is 60.9 Å². The quantitative estimate of drug-likeness (QED) is 0.584. The van der Waals surface area contributed by atoms with Gasteiger partial charge < -0.3 is 14.1 Å². The van der Waals surface area contributed by atoms with Gasteiger partial charge >= 0.3 is 0 Å². The Bertz CT molecular complexity index is 1180. The third-order valence-electron chi connectivity index (χ3n) is 5.21. The summed E-state index contributed by atoms with van der Waals surface area (Å²) in [5.41, 5.74) is 2.75. The molecule has 8 heteroatoms. The molecule has 7 nitrogen and oxygen atoms in total. The van der Waals surface area contributed by atoms with Gasteiger partial charge in [-0.1, -0.05) is 18.2 Å². The first-order chi connectivity index (χ1) is 14.9. The van der Waals surface area contributed by atoms with E-state index in [1.165, 1.54) is 25.7 Å². The molecule has 0 spiro atoms. The van der Waals surface area contributed by atoms with Crippen LogP contribution in [-0.4, -0.2) is 39.3 Å². The monoisotopic (exact) mass is 440 g/mol. The molecule has 0 bridgehead atoms. The maximum Gasteiger partial charge on any atom is 0.275 e. The smallest absolute Gasteiger partial charge is 0.275 e. The molecule has 1 aliphatic rings. The van der Waals surface area contributed by atoms with Crippen molar-refractivity contribution >= 4 is 21.6 Å². The highest BCUT2D eigenvalue weighted by Gasteiger charge is 2.23. The highest BCUT2D eigenvalue weighted by atomic mass is 32.2. The average molecular weight is 441 g/mol. The Morgan fingerprint density at radius 3 is 2.55 bits per heavy atom. The predicted molar refractivity (Wildman–Crippen MR) is 117 cm³/mol. The summed E-state index contributed by atoms with van der Waals surface area (Å²) in [7, 11) is -0.730. The first-order valence-corrected chi connectivity index (χ1v) is 11.4. The van der Waals surface area contributed by atoms with Crippen LogP contribution in [0.2, 0.25) is 0 Å². The summed E-state index contributed by atoms with van der Waals surface area (Å²) in [4.78, 5) is 14.8. The number of furan rings is 1. The van der Waals surface area contributed by atoms with Crippen LogP contribution >= 0.6 is 0 Å². The SMILES string of the molecule is CN(C)S(=O)(=O)c1ccc(COc2ccc(C(=O)N3CCCc4ccccc43)cc2)o1. The maximum atomic E-state index is 13.0. The van der Waals surface area contributed by atoms with Crippen LogP contribution in [-0.2, 0) is 23.1 Å². The van der Waals surface area contributed by atoms with Gasteiger partial charge in [-0.15, -0.1) is 0 Å². The number of para-hydroxylation sites is 1. The largest absolute Gasteiger partial charge is 0.486 e. The van der Waals surface area contributed by atoms with Gasteiger partial charge in [0.2, 0.25) is 5.09 Å². The molecule has 0 saturated heterocycles. The Morgan fingerprint density at radius 1 is 1.06 bits per heavy atom. The number of rotatable bonds is 6. The molecule has 2 heterocycles.